The van der Waals surface area contributed by atoms with E-state index in [1.807, 2.05) is 0 Å². The molecule has 2 aromatic rings. The van der Waals surface area contributed by atoms with Gasteiger partial charge in [-0.3, -0.25) is 19.6 Å². The lowest BCUT2D eigenvalue weighted by molar-refractivity contribution is -0.117. The number of nitrogens with one attached hydrogen (secondary N) is 2. The lowest BCUT2D eigenvalue weighted by Crippen LogP contribution is -2.24. The molecule has 2 aromatic heterocycles. The van der Waals surface area contributed by atoms with Crippen molar-refractivity contribution in [2.24, 2.45) is 0 Å². The highest BCUT2D eigenvalue weighted by Gasteiger charge is 2.15. The van der Waals surface area contributed by atoms with Crippen LogP contribution < -0.4 is 11.2 Å². The van der Waals surface area contributed by atoms with E-state index in [1.165, 1.54) is 11.5 Å². The predicted molar refractivity (Wildman–Crippen MR) is 65.6 cm³/mol. The second-order valence-electron chi connectivity index (χ2n) is 3.91. The molecule has 0 fully saturated rings. The Balaban J connectivity index is 2.80. The fourth-order valence-corrected chi connectivity index (χ4v) is 1.80. The normalized spacial score (nSPS) is 10.7. The van der Waals surface area contributed by atoms with Crippen molar-refractivity contribution in [3.8, 4) is 0 Å². The molecule has 0 unspecified atom stereocenters. The predicted octanol–water partition coefficient (Wildman–Crippen LogP) is -0.270. The number of fused-ring (bicyclic) bond motifs is 1. The zero-order valence-corrected chi connectivity index (χ0v) is 9.82. The van der Waals surface area contributed by atoms with Gasteiger partial charge in [0.25, 0.3) is 5.56 Å². The molecule has 0 radical (unpaired) electrons. The number of aromatic nitrogens is 4. The molecule has 2 N–H and O–H groups in total. The third-order valence-corrected chi connectivity index (χ3v) is 2.43. The smallest absolute Gasteiger partial charge is 0.314 e. The number of nitrogens with zero attached hydrogens (tertiary/aromatic N) is 2. The molecular formula is C11H12N4O3. The number of imidazole rings is 1. The zero-order chi connectivity index (χ0) is 13.3. The highest BCUT2D eigenvalue weighted by atomic mass is 16.2. The Morgan fingerprint density at radius 3 is 2.78 bits per heavy atom. The average Bonchev–Trinajstić information content (AvgIpc) is 2.56. The molecular weight excluding hydrogens is 236 g/mol. The first-order valence-corrected chi connectivity index (χ1v) is 5.35. The molecule has 0 aliphatic rings. The van der Waals surface area contributed by atoms with Crippen LogP contribution in [-0.2, 0) is 17.8 Å². The van der Waals surface area contributed by atoms with Gasteiger partial charge in [-0.2, -0.15) is 0 Å². The SMILES string of the molecule is C=CCc1nc2[nH]c(=O)[nH]c(=O)c2n1CC(C)=O. The Labute approximate surface area is 101 Å². The third kappa shape index (κ3) is 2.02. The van der Waals surface area contributed by atoms with Gasteiger partial charge in [0, 0.05) is 6.42 Å². The summed E-state index contributed by atoms with van der Waals surface area (Å²) in [7, 11) is 0. The largest absolute Gasteiger partial charge is 0.327 e. The average molecular weight is 248 g/mol. The lowest BCUT2D eigenvalue weighted by atomic mass is 10.3. The number of hydrogen-bond donors (Lipinski definition) is 2. The summed E-state index contributed by atoms with van der Waals surface area (Å²) >= 11 is 0. The number of carbonyl (C=O) groups excluding carboxylic acids is 1. The molecule has 0 aliphatic carbocycles. The zero-order valence-electron chi connectivity index (χ0n) is 9.82. The van der Waals surface area contributed by atoms with Crippen LogP contribution in [0.15, 0.2) is 22.2 Å². The molecule has 0 aliphatic heterocycles. The molecule has 0 spiro atoms. The summed E-state index contributed by atoms with van der Waals surface area (Å²) < 4.78 is 1.49. The maximum Gasteiger partial charge on any atom is 0.327 e. The van der Waals surface area contributed by atoms with E-state index in [-0.39, 0.29) is 23.5 Å². The number of aromatic amines is 2. The van der Waals surface area contributed by atoms with E-state index in [2.05, 4.69) is 21.5 Å². The van der Waals surface area contributed by atoms with E-state index in [9.17, 15) is 14.4 Å². The first-order chi connectivity index (χ1) is 8.52. The van der Waals surface area contributed by atoms with Crippen LogP contribution in [0.5, 0.6) is 0 Å². The van der Waals surface area contributed by atoms with Crippen LogP contribution in [0.25, 0.3) is 11.2 Å². The summed E-state index contributed by atoms with van der Waals surface area (Å²) in [5, 5.41) is 0. The van der Waals surface area contributed by atoms with Gasteiger partial charge in [-0.05, 0) is 6.92 Å². The van der Waals surface area contributed by atoms with Gasteiger partial charge in [0.2, 0.25) is 0 Å². The van der Waals surface area contributed by atoms with Gasteiger partial charge in [0.15, 0.2) is 11.2 Å². The van der Waals surface area contributed by atoms with Crippen LogP contribution in [0, 0.1) is 0 Å². The van der Waals surface area contributed by atoms with Gasteiger partial charge in [0.1, 0.15) is 11.6 Å². The van der Waals surface area contributed by atoms with Gasteiger partial charge in [-0.1, -0.05) is 6.08 Å². The minimum Gasteiger partial charge on any atom is -0.314 e. The van der Waals surface area contributed by atoms with Crippen LogP contribution in [0.2, 0.25) is 0 Å². The van der Waals surface area contributed by atoms with Crippen LogP contribution in [0.1, 0.15) is 12.7 Å². The maximum absolute atomic E-state index is 11.7. The molecule has 2 rings (SSSR count). The summed E-state index contributed by atoms with van der Waals surface area (Å²) in [6, 6.07) is 0. The molecule has 0 atom stereocenters. The van der Waals surface area contributed by atoms with E-state index >= 15 is 0 Å². The van der Waals surface area contributed by atoms with Crippen molar-refractivity contribution in [1.29, 1.82) is 0 Å². The molecule has 0 saturated carbocycles. The number of allylic oxidation sites excluding steroid dienone is 1. The highest BCUT2D eigenvalue weighted by Crippen LogP contribution is 2.10. The van der Waals surface area contributed by atoms with Gasteiger partial charge in [-0.25, -0.2) is 9.78 Å². The Morgan fingerprint density at radius 1 is 1.44 bits per heavy atom. The van der Waals surface area contributed by atoms with Crippen molar-refractivity contribution < 1.29 is 4.79 Å². The van der Waals surface area contributed by atoms with Crippen molar-refractivity contribution in [2.75, 3.05) is 0 Å². The van der Waals surface area contributed by atoms with E-state index < -0.39 is 11.2 Å². The van der Waals surface area contributed by atoms with Gasteiger partial charge >= 0.3 is 5.69 Å². The van der Waals surface area contributed by atoms with E-state index in [4.69, 9.17) is 0 Å². The summed E-state index contributed by atoms with van der Waals surface area (Å²) in [5.74, 6) is 0.410. The Morgan fingerprint density at radius 2 is 2.17 bits per heavy atom. The minimum atomic E-state index is -0.620. The van der Waals surface area contributed by atoms with Gasteiger partial charge < -0.3 is 4.57 Å². The Hall–Kier alpha value is -2.44. The fourth-order valence-electron chi connectivity index (χ4n) is 1.80. The van der Waals surface area contributed by atoms with Crippen LogP contribution >= 0.6 is 0 Å². The molecule has 2 heterocycles. The second-order valence-corrected chi connectivity index (χ2v) is 3.91. The topological polar surface area (TPSA) is 101 Å². The number of ketones is 1. The number of carbonyl (C=O) groups is 1. The van der Waals surface area contributed by atoms with E-state index in [0.717, 1.165) is 0 Å². The Bertz CT molecular complexity index is 735. The first-order valence-electron chi connectivity index (χ1n) is 5.35. The van der Waals surface area contributed by atoms with Crippen molar-refractivity contribution in [1.82, 2.24) is 19.5 Å². The van der Waals surface area contributed by atoms with Crippen LogP contribution in [0.4, 0.5) is 0 Å². The van der Waals surface area contributed by atoms with Crippen molar-refractivity contribution in [2.45, 2.75) is 19.9 Å². The molecule has 0 aromatic carbocycles. The van der Waals surface area contributed by atoms with Gasteiger partial charge in [-0.15, -0.1) is 6.58 Å². The molecule has 94 valence electrons. The fraction of sp³-hybridized carbons (Fsp3) is 0.273. The van der Waals surface area contributed by atoms with Crippen LogP contribution in [-0.4, -0.2) is 25.3 Å². The number of hydrogen-bond acceptors (Lipinski definition) is 4. The minimum absolute atomic E-state index is 0.0365. The first kappa shape index (κ1) is 12.0. The van der Waals surface area contributed by atoms with Gasteiger partial charge in [0.05, 0.1) is 6.54 Å². The summed E-state index contributed by atoms with van der Waals surface area (Å²) in [5.41, 5.74) is -0.800. The molecule has 0 bridgehead atoms. The van der Waals surface area contributed by atoms with Crippen molar-refractivity contribution >= 4 is 16.9 Å². The summed E-state index contributed by atoms with van der Waals surface area (Å²) in [4.78, 5) is 42.8. The monoisotopic (exact) mass is 248 g/mol. The standard InChI is InChI=1S/C11H12N4O3/c1-3-4-7-12-9-8(15(7)5-6(2)16)10(17)14-11(18)13-9/h3H,1,4-5H2,2H3,(H2,13,14,17,18). The summed E-state index contributed by atoms with van der Waals surface area (Å²) in [6.07, 6.45) is 2.02. The molecule has 18 heavy (non-hydrogen) atoms. The van der Waals surface area contributed by atoms with Crippen molar-refractivity contribution in [3.05, 3.63) is 39.3 Å². The second kappa shape index (κ2) is 4.44. The molecule has 7 heteroatoms. The number of H-pyrrole nitrogens is 2. The Kier molecular flexibility index (Phi) is 2.97. The lowest BCUT2D eigenvalue weighted by Gasteiger charge is -2.03. The molecule has 0 amide bonds. The van der Waals surface area contributed by atoms with Crippen LogP contribution in [0.3, 0.4) is 0 Å². The highest BCUT2D eigenvalue weighted by molar-refractivity contribution is 5.78. The third-order valence-electron chi connectivity index (χ3n) is 2.43. The molecule has 7 nitrogen and oxygen atoms in total. The van der Waals surface area contributed by atoms with Crippen molar-refractivity contribution in [3.63, 3.8) is 0 Å². The molecule has 0 saturated heterocycles. The number of Topliss-reactive ketones (excluding diaryl/α,β-unsaturated/α-hetero) is 1. The summed E-state index contributed by atoms with van der Waals surface area (Å²) in [6.45, 7) is 5.05. The quantitative estimate of drug-likeness (QED) is 0.727. The van der Waals surface area contributed by atoms with E-state index in [0.29, 0.717) is 12.2 Å². The van der Waals surface area contributed by atoms with E-state index in [1.54, 1.807) is 6.08 Å². The maximum atomic E-state index is 11.7. The number of rotatable bonds is 4.